The Hall–Kier alpha value is -4.18. The molecule has 0 bridgehead atoms. The number of nitrogens with zero attached hydrogens (tertiary/aromatic N) is 3. The number of halogens is 1. The molecule has 3 aromatic carbocycles. The Morgan fingerprint density at radius 1 is 1.05 bits per heavy atom. The first-order valence-electron chi connectivity index (χ1n) is 12.8. The van der Waals surface area contributed by atoms with Gasteiger partial charge in [0.1, 0.15) is 11.1 Å². The van der Waals surface area contributed by atoms with Crippen molar-refractivity contribution in [3.8, 4) is 11.5 Å². The molecule has 206 valence electrons. The van der Waals surface area contributed by atoms with E-state index in [0.29, 0.717) is 34.3 Å². The van der Waals surface area contributed by atoms with Gasteiger partial charge in [0, 0.05) is 18.5 Å². The molecule has 2 aliphatic heterocycles. The van der Waals surface area contributed by atoms with Crippen molar-refractivity contribution >= 4 is 40.1 Å². The van der Waals surface area contributed by atoms with Gasteiger partial charge >= 0.3 is 0 Å². The third kappa shape index (κ3) is 5.72. The molecule has 2 aliphatic rings. The first-order valence-corrected chi connectivity index (χ1v) is 13.6. The zero-order valence-corrected chi connectivity index (χ0v) is 23.4. The highest BCUT2D eigenvalue weighted by Crippen LogP contribution is 2.41. The van der Waals surface area contributed by atoms with E-state index >= 15 is 0 Å². The third-order valence-corrected chi connectivity index (χ3v) is 7.98. The largest absolute Gasteiger partial charge is 0.493 e. The summed E-state index contributed by atoms with van der Waals surface area (Å²) < 4.78 is 24.8. The molecule has 0 saturated carbocycles. The van der Waals surface area contributed by atoms with Gasteiger partial charge in [0.15, 0.2) is 16.7 Å². The molecule has 0 radical (unpaired) electrons. The number of amides is 2. The van der Waals surface area contributed by atoms with Gasteiger partial charge in [0.05, 0.1) is 26.0 Å². The Kier molecular flexibility index (Phi) is 7.88. The Morgan fingerprint density at radius 3 is 2.50 bits per heavy atom. The van der Waals surface area contributed by atoms with E-state index in [0.717, 1.165) is 22.4 Å². The lowest BCUT2D eigenvalue weighted by atomic mass is 9.98. The average Bonchev–Trinajstić information content (AvgIpc) is 3.54. The molecular formula is C30H29FN4O4S. The number of hydrazone groups is 1. The quantitative estimate of drug-likeness (QED) is 0.402. The molecule has 2 atom stereocenters. The number of amidine groups is 1. The van der Waals surface area contributed by atoms with E-state index in [-0.39, 0.29) is 12.5 Å². The van der Waals surface area contributed by atoms with Crippen LogP contribution in [-0.4, -0.2) is 47.2 Å². The van der Waals surface area contributed by atoms with Gasteiger partial charge < -0.3 is 14.8 Å². The minimum Gasteiger partial charge on any atom is -0.493 e. The Labute approximate surface area is 236 Å². The number of aliphatic imine (C=N–C) groups is 1. The summed E-state index contributed by atoms with van der Waals surface area (Å²) in [6, 6.07) is 18.0. The second-order valence-corrected chi connectivity index (χ2v) is 10.8. The van der Waals surface area contributed by atoms with Gasteiger partial charge in [-0.3, -0.25) is 9.59 Å². The normalized spacial score (nSPS) is 18.4. The summed E-state index contributed by atoms with van der Waals surface area (Å²) in [7, 11) is 3.16. The number of anilines is 1. The van der Waals surface area contributed by atoms with Crippen LogP contribution in [0.25, 0.3) is 0 Å². The number of carbonyl (C=O) groups is 2. The number of hydrogen-bond acceptors (Lipinski definition) is 7. The van der Waals surface area contributed by atoms with Crippen LogP contribution in [0, 0.1) is 19.7 Å². The summed E-state index contributed by atoms with van der Waals surface area (Å²) in [6.45, 7) is 3.67. The molecule has 0 aromatic heterocycles. The molecule has 5 rings (SSSR count). The van der Waals surface area contributed by atoms with Gasteiger partial charge in [0.2, 0.25) is 5.91 Å². The van der Waals surface area contributed by atoms with Gasteiger partial charge in [0.25, 0.3) is 5.91 Å². The van der Waals surface area contributed by atoms with E-state index < -0.39 is 22.9 Å². The van der Waals surface area contributed by atoms with E-state index in [2.05, 4.69) is 10.3 Å². The fourth-order valence-corrected chi connectivity index (χ4v) is 5.64. The van der Waals surface area contributed by atoms with E-state index in [1.54, 1.807) is 38.3 Å². The van der Waals surface area contributed by atoms with E-state index in [1.807, 2.05) is 49.4 Å². The molecule has 0 saturated heterocycles. The van der Waals surface area contributed by atoms with Crippen LogP contribution >= 0.6 is 11.8 Å². The maximum atomic E-state index is 13.9. The van der Waals surface area contributed by atoms with Crippen LogP contribution in [0.15, 0.2) is 70.8 Å². The summed E-state index contributed by atoms with van der Waals surface area (Å²) in [6.07, 6.45) is 0.478. The van der Waals surface area contributed by atoms with E-state index in [9.17, 15) is 14.0 Å². The van der Waals surface area contributed by atoms with Crippen LogP contribution in [0.2, 0.25) is 0 Å². The fraction of sp³-hybridized carbons (Fsp3) is 0.267. The molecule has 10 heteroatoms. The number of nitrogens with one attached hydrogen (secondary N) is 1. The maximum absolute atomic E-state index is 13.9. The lowest BCUT2D eigenvalue weighted by Crippen LogP contribution is -2.25. The highest BCUT2D eigenvalue weighted by atomic mass is 32.2. The molecule has 0 fully saturated rings. The first-order chi connectivity index (χ1) is 19.2. The number of carbonyl (C=O) groups excluding carboxylic acids is 2. The molecule has 0 aliphatic carbocycles. The van der Waals surface area contributed by atoms with Crippen LogP contribution in [0.5, 0.6) is 11.5 Å². The predicted octanol–water partition coefficient (Wildman–Crippen LogP) is 5.64. The predicted molar refractivity (Wildman–Crippen MR) is 155 cm³/mol. The fourth-order valence-electron chi connectivity index (χ4n) is 4.58. The molecule has 0 spiro atoms. The van der Waals surface area contributed by atoms with Crippen molar-refractivity contribution in [1.29, 1.82) is 0 Å². The van der Waals surface area contributed by atoms with Crippen molar-refractivity contribution in [2.75, 3.05) is 19.5 Å². The first kappa shape index (κ1) is 27.4. The summed E-state index contributed by atoms with van der Waals surface area (Å²) >= 11 is 1.20. The van der Waals surface area contributed by atoms with Crippen molar-refractivity contribution < 1.29 is 23.5 Å². The van der Waals surface area contributed by atoms with Crippen LogP contribution in [0.3, 0.4) is 0 Å². The number of thioether (sulfide) groups is 1. The highest BCUT2D eigenvalue weighted by Gasteiger charge is 2.39. The van der Waals surface area contributed by atoms with Crippen LogP contribution in [0.4, 0.5) is 10.1 Å². The average molecular weight is 561 g/mol. The van der Waals surface area contributed by atoms with Crippen molar-refractivity contribution in [2.24, 2.45) is 10.1 Å². The molecular weight excluding hydrogens is 531 g/mol. The summed E-state index contributed by atoms with van der Waals surface area (Å²) in [5.74, 6) is -0.0181. The standard InChI is InChI=1S/C30H29FN4O4S/c1-17-5-8-19(9-6-17)23-15-24(20-10-12-25(38-3)26(13-20)39-4)35(34-23)30-33-29(37)27(40-30)16-28(36)32-21-11-7-18(2)22(31)14-21/h5-14,24,27H,15-16H2,1-4H3,(H,32,36). The molecule has 2 amide bonds. The summed E-state index contributed by atoms with van der Waals surface area (Å²) in [4.78, 5) is 29.9. The van der Waals surface area contributed by atoms with Gasteiger partial charge in [-0.05, 0) is 54.8 Å². The van der Waals surface area contributed by atoms with E-state index in [1.165, 1.54) is 17.8 Å². The van der Waals surface area contributed by atoms with Crippen molar-refractivity contribution in [2.45, 2.75) is 38.0 Å². The minimum absolute atomic E-state index is 0.102. The van der Waals surface area contributed by atoms with Crippen LogP contribution in [-0.2, 0) is 9.59 Å². The number of ether oxygens (including phenoxy) is 2. The molecule has 40 heavy (non-hydrogen) atoms. The SMILES string of the molecule is COc1ccc(C2CC(c3ccc(C)cc3)=NN2C2=NC(=O)C(CC(=O)Nc3ccc(C)c(F)c3)S2)cc1OC. The topological polar surface area (TPSA) is 92.6 Å². The number of hydrogen-bond donors (Lipinski definition) is 1. The number of benzene rings is 3. The second kappa shape index (κ2) is 11.5. The van der Waals surface area contributed by atoms with Crippen molar-refractivity contribution in [3.63, 3.8) is 0 Å². The van der Waals surface area contributed by atoms with Gasteiger partial charge in [-0.1, -0.05) is 53.7 Å². The molecule has 2 unspecified atom stereocenters. The van der Waals surface area contributed by atoms with Gasteiger partial charge in [-0.2, -0.15) is 10.1 Å². The third-order valence-electron chi connectivity index (χ3n) is 6.84. The minimum atomic E-state index is -0.713. The monoisotopic (exact) mass is 560 g/mol. The molecule has 3 aromatic rings. The molecule has 8 nitrogen and oxygen atoms in total. The summed E-state index contributed by atoms with van der Waals surface area (Å²) in [5.41, 5.74) is 4.73. The van der Waals surface area contributed by atoms with Gasteiger partial charge in [-0.25, -0.2) is 9.40 Å². The van der Waals surface area contributed by atoms with Crippen LogP contribution < -0.4 is 14.8 Å². The number of aryl methyl sites for hydroxylation is 2. The number of methoxy groups -OCH3 is 2. The maximum Gasteiger partial charge on any atom is 0.262 e. The zero-order chi connectivity index (χ0) is 28.4. The zero-order valence-electron chi connectivity index (χ0n) is 22.6. The van der Waals surface area contributed by atoms with Crippen molar-refractivity contribution in [1.82, 2.24) is 5.01 Å². The Morgan fingerprint density at radius 2 is 1.80 bits per heavy atom. The Balaban J connectivity index is 1.38. The molecule has 2 heterocycles. The lowest BCUT2D eigenvalue weighted by Gasteiger charge is -2.24. The van der Waals surface area contributed by atoms with E-state index in [4.69, 9.17) is 14.6 Å². The summed E-state index contributed by atoms with van der Waals surface area (Å²) in [5, 5.41) is 9.03. The Bertz CT molecular complexity index is 1520. The second-order valence-electron chi connectivity index (χ2n) is 9.65. The number of rotatable bonds is 7. The lowest BCUT2D eigenvalue weighted by molar-refractivity contribution is -0.121. The molecule has 1 N–H and O–H groups in total. The van der Waals surface area contributed by atoms with Crippen molar-refractivity contribution in [3.05, 3.63) is 88.7 Å². The van der Waals surface area contributed by atoms with Gasteiger partial charge in [-0.15, -0.1) is 0 Å². The van der Waals surface area contributed by atoms with Crippen LogP contribution in [0.1, 0.15) is 41.1 Å². The highest BCUT2D eigenvalue weighted by molar-refractivity contribution is 8.15. The smallest absolute Gasteiger partial charge is 0.262 e.